The largest absolute Gasteiger partial charge is 0.395 e. The van der Waals surface area contributed by atoms with Crippen molar-refractivity contribution >= 4 is 0 Å². The number of hydrogen-bond donors (Lipinski definition) is 4. The van der Waals surface area contributed by atoms with E-state index in [2.05, 4.69) is 0 Å². The molecule has 0 aliphatic heterocycles. The Morgan fingerprint density at radius 2 is 0.750 bits per heavy atom. The zero-order valence-corrected chi connectivity index (χ0v) is 13.2. The summed E-state index contributed by atoms with van der Waals surface area (Å²) in [6, 6.07) is -0.138. The van der Waals surface area contributed by atoms with Crippen LogP contribution in [0.4, 0.5) is 0 Å². The molecule has 0 fully saturated rings. The molecule has 0 aromatic heterocycles. The Hall–Kier alpha value is -0.240. The summed E-state index contributed by atoms with van der Waals surface area (Å²) in [5, 5.41) is 37.2. The molecule has 20 heavy (non-hydrogen) atoms. The van der Waals surface area contributed by atoms with Crippen molar-refractivity contribution in [3.63, 3.8) is 0 Å². The van der Waals surface area contributed by atoms with Crippen LogP contribution in [0.3, 0.4) is 0 Å². The normalized spacial score (nSPS) is 18.3. The number of rotatable bonds is 11. The standard InChI is InChI=1S/C14H32N2O4/c1-11(7-17)15(12(2)8-18)5-6-16(13(3)9-19)14(4)10-20/h11-14,17-20H,5-10H2,1-4H3. The number of hydrogen-bond acceptors (Lipinski definition) is 6. The fourth-order valence-electron chi connectivity index (χ4n) is 2.40. The van der Waals surface area contributed by atoms with Crippen LogP contribution in [0.25, 0.3) is 0 Å². The van der Waals surface area contributed by atoms with Crippen molar-refractivity contribution in [2.24, 2.45) is 0 Å². The van der Waals surface area contributed by atoms with Gasteiger partial charge in [-0.05, 0) is 27.7 Å². The van der Waals surface area contributed by atoms with Gasteiger partial charge in [-0.2, -0.15) is 0 Å². The molecule has 0 amide bonds. The van der Waals surface area contributed by atoms with E-state index in [0.29, 0.717) is 13.1 Å². The van der Waals surface area contributed by atoms with Gasteiger partial charge in [-0.25, -0.2) is 0 Å². The first-order valence-corrected chi connectivity index (χ1v) is 7.37. The lowest BCUT2D eigenvalue weighted by Crippen LogP contribution is -2.51. The summed E-state index contributed by atoms with van der Waals surface area (Å²) in [7, 11) is 0. The first-order chi connectivity index (χ1) is 9.42. The molecule has 4 unspecified atom stereocenters. The zero-order chi connectivity index (χ0) is 15.7. The van der Waals surface area contributed by atoms with E-state index in [-0.39, 0.29) is 50.6 Å². The van der Waals surface area contributed by atoms with Gasteiger partial charge in [0, 0.05) is 37.3 Å². The lowest BCUT2D eigenvalue weighted by atomic mass is 10.1. The highest BCUT2D eigenvalue weighted by Gasteiger charge is 2.23. The SMILES string of the molecule is CC(CO)N(CCN(C(C)CO)C(C)CO)C(C)CO. The quantitative estimate of drug-likeness (QED) is 0.395. The summed E-state index contributed by atoms with van der Waals surface area (Å²) in [5.41, 5.74) is 0. The summed E-state index contributed by atoms with van der Waals surface area (Å²) in [5.74, 6) is 0. The van der Waals surface area contributed by atoms with Crippen LogP contribution in [0.2, 0.25) is 0 Å². The highest BCUT2D eigenvalue weighted by atomic mass is 16.3. The van der Waals surface area contributed by atoms with Crippen molar-refractivity contribution in [2.75, 3.05) is 39.5 Å². The van der Waals surface area contributed by atoms with E-state index in [0.717, 1.165) is 0 Å². The van der Waals surface area contributed by atoms with E-state index >= 15 is 0 Å². The maximum atomic E-state index is 9.31. The number of aliphatic hydroxyl groups excluding tert-OH is 4. The van der Waals surface area contributed by atoms with E-state index in [1.165, 1.54) is 0 Å². The van der Waals surface area contributed by atoms with Gasteiger partial charge in [0.25, 0.3) is 0 Å². The number of aliphatic hydroxyl groups is 4. The molecule has 0 aliphatic rings. The molecule has 0 saturated heterocycles. The minimum atomic E-state index is -0.0344. The minimum Gasteiger partial charge on any atom is -0.395 e. The second-order valence-electron chi connectivity index (χ2n) is 5.60. The van der Waals surface area contributed by atoms with Crippen molar-refractivity contribution in [3.05, 3.63) is 0 Å². The highest BCUT2D eigenvalue weighted by molar-refractivity contribution is 4.78. The van der Waals surface area contributed by atoms with E-state index in [9.17, 15) is 20.4 Å². The van der Waals surface area contributed by atoms with Gasteiger partial charge in [0.2, 0.25) is 0 Å². The molecule has 4 atom stereocenters. The highest BCUT2D eigenvalue weighted by Crippen LogP contribution is 2.09. The third-order valence-corrected chi connectivity index (χ3v) is 3.94. The predicted molar refractivity (Wildman–Crippen MR) is 79.6 cm³/mol. The third-order valence-electron chi connectivity index (χ3n) is 3.94. The van der Waals surface area contributed by atoms with Gasteiger partial charge in [0.1, 0.15) is 0 Å². The maximum absolute atomic E-state index is 9.31. The van der Waals surface area contributed by atoms with E-state index in [1.54, 1.807) is 0 Å². The Morgan fingerprint density at radius 1 is 0.550 bits per heavy atom. The smallest absolute Gasteiger partial charge is 0.0584 e. The fourth-order valence-corrected chi connectivity index (χ4v) is 2.40. The number of nitrogens with zero attached hydrogens (tertiary/aromatic N) is 2. The lowest BCUT2D eigenvalue weighted by Gasteiger charge is -2.38. The minimum absolute atomic E-state index is 0.0344. The Balaban J connectivity index is 4.68. The summed E-state index contributed by atoms with van der Waals surface area (Å²) in [6.45, 7) is 9.15. The van der Waals surface area contributed by atoms with Crippen LogP contribution in [0.1, 0.15) is 27.7 Å². The van der Waals surface area contributed by atoms with Gasteiger partial charge in [0.15, 0.2) is 0 Å². The zero-order valence-electron chi connectivity index (χ0n) is 13.2. The summed E-state index contributed by atoms with van der Waals surface area (Å²) in [6.07, 6.45) is 0. The van der Waals surface area contributed by atoms with Crippen LogP contribution in [-0.4, -0.2) is 93.9 Å². The molecule has 122 valence electrons. The second-order valence-corrected chi connectivity index (χ2v) is 5.60. The molecule has 0 heterocycles. The monoisotopic (exact) mass is 292 g/mol. The molecule has 0 radical (unpaired) electrons. The van der Waals surface area contributed by atoms with Crippen molar-refractivity contribution < 1.29 is 20.4 Å². The summed E-state index contributed by atoms with van der Waals surface area (Å²) in [4.78, 5) is 4.09. The van der Waals surface area contributed by atoms with E-state index in [4.69, 9.17) is 0 Å². The van der Waals surface area contributed by atoms with Gasteiger partial charge in [-0.3, -0.25) is 9.80 Å². The van der Waals surface area contributed by atoms with Gasteiger partial charge in [-0.15, -0.1) is 0 Å². The second kappa shape index (κ2) is 10.5. The molecule has 4 N–H and O–H groups in total. The molecule has 0 bridgehead atoms. The molecule has 0 saturated carbocycles. The van der Waals surface area contributed by atoms with Crippen LogP contribution < -0.4 is 0 Å². The van der Waals surface area contributed by atoms with Crippen molar-refractivity contribution in [1.82, 2.24) is 9.80 Å². The van der Waals surface area contributed by atoms with Crippen molar-refractivity contribution in [3.8, 4) is 0 Å². The molecule has 0 spiro atoms. The Morgan fingerprint density at radius 3 is 0.900 bits per heavy atom. The maximum Gasteiger partial charge on any atom is 0.0584 e. The predicted octanol–water partition coefficient (Wildman–Crippen LogP) is -0.886. The molecule has 6 nitrogen and oxygen atoms in total. The average molecular weight is 292 g/mol. The summed E-state index contributed by atoms with van der Waals surface area (Å²) < 4.78 is 0. The first-order valence-electron chi connectivity index (χ1n) is 7.37. The average Bonchev–Trinajstić information content (AvgIpc) is 2.48. The van der Waals surface area contributed by atoms with Gasteiger partial charge >= 0.3 is 0 Å². The van der Waals surface area contributed by atoms with Crippen LogP contribution >= 0.6 is 0 Å². The van der Waals surface area contributed by atoms with E-state index in [1.807, 2.05) is 37.5 Å². The molecule has 0 rings (SSSR count). The van der Waals surface area contributed by atoms with Crippen molar-refractivity contribution in [2.45, 2.75) is 51.9 Å². The van der Waals surface area contributed by atoms with Gasteiger partial charge in [0.05, 0.1) is 26.4 Å². The topological polar surface area (TPSA) is 87.4 Å². The lowest BCUT2D eigenvalue weighted by molar-refractivity contribution is 0.0275. The Bertz CT molecular complexity index is 199. The first kappa shape index (κ1) is 19.8. The van der Waals surface area contributed by atoms with Crippen LogP contribution in [0, 0.1) is 0 Å². The molecule has 0 aromatic carbocycles. The molecular weight excluding hydrogens is 260 g/mol. The fraction of sp³-hybridized carbons (Fsp3) is 1.00. The summed E-state index contributed by atoms with van der Waals surface area (Å²) >= 11 is 0. The molecule has 0 aromatic rings. The molecular formula is C14H32N2O4. The van der Waals surface area contributed by atoms with Gasteiger partial charge < -0.3 is 20.4 Å². The Labute approximate surface area is 122 Å². The van der Waals surface area contributed by atoms with Gasteiger partial charge in [-0.1, -0.05) is 0 Å². The van der Waals surface area contributed by atoms with Crippen LogP contribution in [0.5, 0.6) is 0 Å². The third kappa shape index (κ3) is 6.03. The van der Waals surface area contributed by atoms with E-state index < -0.39 is 0 Å². The molecule has 0 aliphatic carbocycles. The van der Waals surface area contributed by atoms with Crippen LogP contribution in [0.15, 0.2) is 0 Å². The Kier molecular flexibility index (Phi) is 10.4. The van der Waals surface area contributed by atoms with Crippen molar-refractivity contribution in [1.29, 1.82) is 0 Å². The molecule has 6 heteroatoms. The van der Waals surface area contributed by atoms with Crippen LogP contribution in [-0.2, 0) is 0 Å².